The first-order chi connectivity index (χ1) is 7.25. The molecule has 0 unspecified atom stereocenters. The zero-order valence-electron chi connectivity index (χ0n) is 8.21. The molecule has 0 aromatic carbocycles. The Labute approximate surface area is 86.8 Å². The van der Waals surface area contributed by atoms with E-state index in [1.54, 1.807) is 48.4 Å². The van der Waals surface area contributed by atoms with Crippen LogP contribution in [0, 0.1) is 0 Å². The van der Waals surface area contributed by atoms with Crippen LogP contribution in [0.25, 0.3) is 0 Å². The van der Waals surface area contributed by atoms with Crippen molar-refractivity contribution in [3.05, 3.63) is 42.4 Å². The van der Waals surface area contributed by atoms with Gasteiger partial charge >= 0.3 is 0 Å². The van der Waals surface area contributed by atoms with Crippen LogP contribution in [-0.2, 0) is 7.05 Å². The molecule has 1 amide bonds. The molecule has 0 spiro atoms. The number of hydrogen-bond donors (Lipinski definition) is 1. The molecule has 2 heterocycles. The van der Waals surface area contributed by atoms with Crippen LogP contribution in [0.3, 0.4) is 0 Å². The molecule has 0 radical (unpaired) electrons. The van der Waals surface area contributed by atoms with Crippen molar-refractivity contribution in [2.45, 2.75) is 0 Å². The lowest BCUT2D eigenvalue weighted by Crippen LogP contribution is -2.13. The third kappa shape index (κ3) is 2.19. The van der Waals surface area contributed by atoms with E-state index < -0.39 is 0 Å². The first kappa shape index (κ1) is 9.39. The molecular formula is C10H10N4O. The van der Waals surface area contributed by atoms with Gasteiger partial charge in [-0.3, -0.25) is 14.5 Å². The van der Waals surface area contributed by atoms with Gasteiger partial charge in [-0.05, 0) is 12.1 Å². The molecule has 0 aliphatic rings. The molecule has 0 fully saturated rings. The normalized spacial score (nSPS) is 9.93. The van der Waals surface area contributed by atoms with Crippen molar-refractivity contribution in [2.75, 3.05) is 5.32 Å². The Kier molecular flexibility index (Phi) is 2.45. The van der Waals surface area contributed by atoms with E-state index in [1.165, 1.54) is 0 Å². The van der Waals surface area contributed by atoms with Gasteiger partial charge in [-0.2, -0.15) is 5.10 Å². The number of aromatic nitrogens is 3. The summed E-state index contributed by atoms with van der Waals surface area (Å²) in [6.45, 7) is 0. The van der Waals surface area contributed by atoms with Crippen LogP contribution in [0.4, 0.5) is 5.82 Å². The SMILES string of the molecule is Cn1ccc(NC(=O)c2ccccn2)n1. The Hall–Kier alpha value is -2.17. The number of carbonyl (C=O) groups excluding carboxylic acids is 1. The van der Waals surface area contributed by atoms with Crippen molar-refractivity contribution in [1.29, 1.82) is 0 Å². The highest BCUT2D eigenvalue weighted by atomic mass is 16.1. The zero-order valence-corrected chi connectivity index (χ0v) is 8.21. The predicted octanol–water partition coefficient (Wildman–Crippen LogP) is 1.07. The number of amides is 1. The monoisotopic (exact) mass is 202 g/mol. The summed E-state index contributed by atoms with van der Waals surface area (Å²) in [5, 5.41) is 6.68. The molecule has 0 atom stereocenters. The molecule has 2 aromatic heterocycles. The Morgan fingerprint density at radius 1 is 1.40 bits per heavy atom. The number of rotatable bonds is 2. The van der Waals surface area contributed by atoms with Crippen LogP contribution >= 0.6 is 0 Å². The lowest BCUT2D eigenvalue weighted by atomic mass is 10.3. The van der Waals surface area contributed by atoms with E-state index in [-0.39, 0.29) is 5.91 Å². The van der Waals surface area contributed by atoms with Crippen LogP contribution < -0.4 is 5.32 Å². The predicted molar refractivity (Wildman–Crippen MR) is 55.4 cm³/mol. The molecule has 0 aliphatic heterocycles. The van der Waals surface area contributed by atoms with E-state index >= 15 is 0 Å². The van der Waals surface area contributed by atoms with E-state index in [1.807, 2.05) is 0 Å². The van der Waals surface area contributed by atoms with Crippen LogP contribution in [0.5, 0.6) is 0 Å². The minimum atomic E-state index is -0.255. The fraction of sp³-hybridized carbons (Fsp3) is 0.100. The van der Waals surface area contributed by atoms with Crippen LogP contribution in [0.2, 0.25) is 0 Å². The number of hydrogen-bond acceptors (Lipinski definition) is 3. The van der Waals surface area contributed by atoms with Crippen LogP contribution in [-0.4, -0.2) is 20.7 Å². The molecule has 2 aromatic rings. The summed E-state index contributed by atoms with van der Waals surface area (Å²) >= 11 is 0. The molecule has 0 bridgehead atoms. The molecule has 76 valence electrons. The smallest absolute Gasteiger partial charge is 0.275 e. The molecule has 15 heavy (non-hydrogen) atoms. The molecule has 2 rings (SSSR count). The summed E-state index contributed by atoms with van der Waals surface area (Å²) in [4.78, 5) is 15.5. The van der Waals surface area contributed by atoms with Crippen molar-refractivity contribution in [1.82, 2.24) is 14.8 Å². The van der Waals surface area contributed by atoms with Crippen molar-refractivity contribution < 1.29 is 4.79 Å². The Bertz CT molecular complexity index is 463. The van der Waals surface area contributed by atoms with E-state index in [0.29, 0.717) is 11.5 Å². The second-order valence-corrected chi connectivity index (χ2v) is 3.04. The lowest BCUT2D eigenvalue weighted by molar-refractivity contribution is 0.102. The lowest BCUT2D eigenvalue weighted by Gasteiger charge is -1.99. The fourth-order valence-corrected chi connectivity index (χ4v) is 1.16. The maximum Gasteiger partial charge on any atom is 0.275 e. The summed E-state index contributed by atoms with van der Waals surface area (Å²) in [5.41, 5.74) is 0.378. The van der Waals surface area contributed by atoms with Gasteiger partial charge in [-0.15, -0.1) is 0 Å². The molecular weight excluding hydrogens is 192 g/mol. The Morgan fingerprint density at radius 3 is 2.87 bits per heavy atom. The third-order valence-corrected chi connectivity index (χ3v) is 1.85. The maximum atomic E-state index is 11.6. The van der Waals surface area contributed by atoms with Crippen molar-refractivity contribution in [2.24, 2.45) is 7.05 Å². The van der Waals surface area contributed by atoms with E-state index in [9.17, 15) is 4.79 Å². The summed E-state index contributed by atoms with van der Waals surface area (Å²) in [6.07, 6.45) is 3.33. The molecule has 1 N–H and O–H groups in total. The van der Waals surface area contributed by atoms with Gasteiger partial charge in [0.25, 0.3) is 5.91 Å². The molecule has 5 heteroatoms. The summed E-state index contributed by atoms with van der Waals surface area (Å²) < 4.78 is 1.62. The Morgan fingerprint density at radius 2 is 2.27 bits per heavy atom. The average molecular weight is 202 g/mol. The van der Waals surface area contributed by atoms with Crippen LogP contribution in [0.1, 0.15) is 10.5 Å². The van der Waals surface area contributed by atoms with Gasteiger partial charge in [-0.25, -0.2) is 0 Å². The second-order valence-electron chi connectivity index (χ2n) is 3.04. The number of carbonyl (C=O) groups is 1. The quantitative estimate of drug-likeness (QED) is 0.792. The van der Waals surface area contributed by atoms with Gasteiger partial charge in [0.1, 0.15) is 5.69 Å². The van der Waals surface area contributed by atoms with Gasteiger partial charge in [-0.1, -0.05) is 6.07 Å². The molecule has 0 aliphatic carbocycles. The van der Waals surface area contributed by atoms with E-state index in [0.717, 1.165) is 0 Å². The molecule has 0 saturated carbocycles. The summed E-state index contributed by atoms with van der Waals surface area (Å²) in [6, 6.07) is 6.90. The van der Waals surface area contributed by atoms with Crippen molar-refractivity contribution >= 4 is 11.7 Å². The highest BCUT2D eigenvalue weighted by molar-refractivity contribution is 6.02. The summed E-state index contributed by atoms with van der Waals surface area (Å²) in [7, 11) is 1.79. The zero-order chi connectivity index (χ0) is 10.7. The highest BCUT2D eigenvalue weighted by Gasteiger charge is 2.07. The minimum Gasteiger partial charge on any atom is -0.304 e. The van der Waals surface area contributed by atoms with Gasteiger partial charge in [0.05, 0.1) is 0 Å². The number of anilines is 1. The Balaban J connectivity index is 2.11. The van der Waals surface area contributed by atoms with Crippen molar-refractivity contribution in [3.8, 4) is 0 Å². The maximum absolute atomic E-state index is 11.6. The highest BCUT2D eigenvalue weighted by Crippen LogP contribution is 2.03. The number of aryl methyl sites for hydroxylation is 1. The van der Waals surface area contributed by atoms with Gasteiger partial charge in [0.15, 0.2) is 5.82 Å². The second kappa shape index (κ2) is 3.91. The van der Waals surface area contributed by atoms with Crippen molar-refractivity contribution in [3.63, 3.8) is 0 Å². The minimum absolute atomic E-state index is 0.255. The topological polar surface area (TPSA) is 59.8 Å². The number of nitrogens with zero attached hydrogens (tertiary/aromatic N) is 3. The standard InChI is InChI=1S/C10H10N4O/c1-14-7-5-9(13-14)12-10(15)8-4-2-3-6-11-8/h2-7H,1H3,(H,12,13,15). The van der Waals surface area contributed by atoms with Gasteiger partial charge in [0.2, 0.25) is 0 Å². The number of pyridine rings is 1. The van der Waals surface area contributed by atoms with E-state index in [2.05, 4.69) is 15.4 Å². The van der Waals surface area contributed by atoms with Crippen LogP contribution in [0.15, 0.2) is 36.7 Å². The summed E-state index contributed by atoms with van der Waals surface area (Å²) in [5.74, 6) is 0.266. The first-order valence-corrected chi connectivity index (χ1v) is 4.48. The average Bonchev–Trinajstić information content (AvgIpc) is 2.65. The molecule has 0 saturated heterocycles. The largest absolute Gasteiger partial charge is 0.304 e. The first-order valence-electron chi connectivity index (χ1n) is 4.48. The third-order valence-electron chi connectivity index (χ3n) is 1.85. The molecule has 5 nitrogen and oxygen atoms in total. The fourth-order valence-electron chi connectivity index (χ4n) is 1.16. The van der Waals surface area contributed by atoms with E-state index in [4.69, 9.17) is 0 Å². The van der Waals surface area contributed by atoms with Gasteiger partial charge in [0, 0.05) is 25.5 Å². The van der Waals surface area contributed by atoms with Gasteiger partial charge < -0.3 is 5.32 Å². The number of nitrogens with one attached hydrogen (secondary N) is 1.